The van der Waals surface area contributed by atoms with Gasteiger partial charge in [0.05, 0.1) is 12.5 Å². The van der Waals surface area contributed by atoms with Gasteiger partial charge in [0.25, 0.3) is 11.5 Å². The number of benzene rings is 2. The number of nitrogens with one attached hydrogen (secondary N) is 2. The lowest BCUT2D eigenvalue weighted by atomic mass is 9.94. The van der Waals surface area contributed by atoms with E-state index in [1.807, 2.05) is 6.92 Å². The zero-order valence-corrected chi connectivity index (χ0v) is 21.8. The summed E-state index contributed by atoms with van der Waals surface area (Å²) in [5.41, 5.74) is 0.232. The van der Waals surface area contributed by atoms with Gasteiger partial charge in [0.15, 0.2) is 11.6 Å². The molecule has 0 radical (unpaired) electrons. The highest BCUT2D eigenvalue weighted by Gasteiger charge is 2.23. The lowest BCUT2D eigenvalue weighted by molar-refractivity contribution is -0.137. The number of halogens is 3. The number of rotatable bonds is 10. The van der Waals surface area contributed by atoms with Crippen LogP contribution in [0, 0.1) is 24.4 Å². The number of amides is 2. The zero-order valence-electron chi connectivity index (χ0n) is 21.8. The van der Waals surface area contributed by atoms with Crippen LogP contribution in [-0.4, -0.2) is 34.5 Å². The van der Waals surface area contributed by atoms with Crippen molar-refractivity contribution >= 4 is 18.3 Å². The fourth-order valence-electron chi connectivity index (χ4n) is 3.77. The molecule has 0 saturated heterocycles. The van der Waals surface area contributed by atoms with Crippen LogP contribution in [0.25, 0.3) is 11.1 Å². The molecule has 208 valence electrons. The Kier molecular flexibility index (Phi) is 11.5. The molecule has 1 heterocycles. The highest BCUT2D eigenvalue weighted by molar-refractivity contribution is 5.93. The van der Waals surface area contributed by atoms with Crippen LogP contribution in [0.2, 0.25) is 0 Å². The van der Waals surface area contributed by atoms with Crippen LogP contribution in [0.3, 0.4) is 0 Å². The van der Waals surface area contributed by atoms with Gasteiger partial charge in [-0.3, -0.25) is 19.2 Å². The third kappa shape index (κ3) is 8.29. The van der Waals surface area contributed by atoms with Crippen molar-refractivity contribution in [2.45, 2.75) is 39.2 Å². The number of aromatic nitrogens is 1. The van der Waals surface area contributed by atoms with Crippen molar-refractivity contribution in [2.75, 3.05) is 6.54 Å². The second-order valence-electron chi connectivity index (χ2n) is 8.68. The van der Waals surface area contributed by atoms with Gasteiger partial charge in [-0.25, -0.2) is 13.2 Å². The Morgan fingerprint density at radius 3 is 2.44 bits per heavy atom. The summed E-state index contributed by atoms with van der Waals surface area (Å²) in [5, 5.41) is 13.7. The zero-order chi connectivity index (χ0) is 29.1. The summed E-state index contributed by atoms with van der Waals surface area (Å²) in [7, 11) is 1.63. The van der Waals surface area contributed by atoms with Crippen LogP contribution in [0.5, 0.6) is 0 Å². The van der Waals surface area contributed by atoms with E-state index in [4.69, 9.17) is 5.11 Å². The minimum absolute atomic E-state index is 0.0580. The summed E-state index contributed by atoms with van der Waals surface area (Å²) in [6, 6.07) is 8.22. The molecule has 0 aliphatic carbocycles. The van der Waals surface area contributed by atoms with E-state index < -0.39 is 35.9 Å². The molecule has 2 aromatic carbocycles. The molecule has 0 bridgehead atoms. The van der Waals surface area contributed by atoms with Crippen molar-refractivity contribution in [2.24, 2.45) is 7.05 Å². The SMILES string of the molecule is CCCCNC(=O)c1cccn(C)c1=O.Cc1cccc(F)c1-c1cc(F)c(F)c(C(CC(=O)O)NC=O)c1. The lowest BCUT2D eigenvalue weighted by Gasteiger charge is -2.18. The average molecular weight is 546 g/mol. The van der Waals surface area contributed by atoms with Crippen molar-refractivity contribution in [1.82, 2.24) is 15.2 Å². The Bertz CT molecular complexity index is 1370. The quantitative estimate of drug-likeness (QED) is 0.260. The predicted octanol–water partition coefficient (Wildman–Crippen LogP) is 4.26. The van der Waals surface area contributed by atoms with Gasteiger partial charge in [-0.05, 0) is 54.8 Å². The first-order chi connectivity index (χ1) is 18.5. The van der Waals surface area contributed by atoms with Crippen LogP contribution >= 0.6 is 0 Å². The fourth-order valence-corrected chi connectivity index (χ4v) is 3.77. The van der Waals surface area contributed by atoms with Crippen LogP contribution in [-0.2, 0) is 16.6 Å². The molecule has 0 spiro atoms. The van der Waals surface area contributed by atoms with Gasteiger partial charge < -0.3 is 20.3 Å². The normalized spacial score (nSPS) is 11.1. The molecule has 0 aliphatic rings. The van der Waals surface area contributed by atoms with E-state index in [0.717, 1.165) is 25.0 Å². The number of unbranched alkanes of at least 4 members (excludes halogenated alkanes) is 1. The molecular formula is C28H30F3N3O5. The Labute approximate surface area is 223 Å². The molecule has 8 nitrogen and oxygen atoms in total. The fraction of sp³-hybridized carbons (Fsp3) is 0.286. The molecule has 1 unspecified atom stereocenters. The number of aryl methyl sites for hydroxylation is 2. The molecule has 3 aromatic rings. The van der Waals surface area contributed by atoms with Crippen LogP contribution in [0.15, 0.2) is 53.5 Å². The highest BCUT2D eigenvalue weighted by atomic mass is 19.2. The number of carboxylic acids is 1. The summed E-state index contributed by atoms with van der Waals surface area (Å²) < 4.78 is 43.5. The number of carbonyl (C=O) groups excluding carboxylic acids is 2. The minimum atomic E-state index is -1.30. The molecule has 3 N–H and O–H groups in total. The second kappa shape index (κ2) is 14.5. The second-order valence-corrected chi connectivity index (χ2v) is 8.68. The summed E-state index contributed by atoms with van der Waals surface area (Å²) in [4.78, 5) is 44.6. The van der Waals surface area contributed by atoms with Crippen molar-refractivity contribution < 1.29 is 32.7 Å². The Morgan fingerprint density at radius 1 is 1.10 bits per heavy atom. The predicted molar refractivity (Wildman–Crippen MR) is 140 cm³/mol. The standard InChI is InChI=1S/C17H14F3NO3.C11H16N2O2/c1-9-3-2-4-12(18)16(9)10-5-11(17(20)13(19)6-10)14(21-8-22)7-15(23)24;1-3-4-7-12-10(14)9-6-5-8-13(2)11(9)15/h2-6,8,14H,7H2,1H3,(H,21,22)(H,23,24);5-6,8H,3-4,7H2,1-2H3,(H,12,14). The first-order valence-electron chi connectivity index (χ1n) is 12.1. The van der Waals surface area contributed by atoms with Gasteiger partial charge in [0, 0.05) is 30.9 Å². The van der Waals surface area contributed by atoms with E-state index in [2.05, 4.69) is 10.6 Å². The van der Waals surface area contributed by atoms with E-state index in [1.54, 1.807) is 38.4 Å². The third-order valence-electron chi connectivity index (χ3n) is 5.77. The van der Waals surface area contributed by atoms with Crippen molar-refractivity contribution in [3.05, 3.63) is 93.2 Å². The van der Waals surface area contributed by atoms with Crippen molar-refractivity contribution in [3.63, 3.8) is 0 Å². The van der Waals surface area contributed by atoms with E-state index in [9.17, 15) is 32.3 Å². The molecule has 0 fully saturated rings. The number of carbonyl (C=O) groups is 3. The summed E-state index contributed by atoms with van der Waals surface area (Å²) in [6.45, 7) is 4.28. The first-order valence-corrected chi connectivity index (χ1v) is 12.1. The van der Waals surface area contributed by atoms with E-state index in [-0.39, 0.29) is 40.1 Å². The van der Waals surface area contributed by atoms with Crippen LogP contribution in [0.4, 0.5) is 13.2 Å². The number of aliphatic carboxylic acids is 1. The van der Waals surface area contributed by atoms with Gasteiger partial charge in [0.2, 0.25) is 6.41 Å². The summed E-state index contributed by atoms with van der Waals surface area (Å²) in [6.07, 6.45) is 3.14. The van der Waals surface area contributed by atoms with Crippen molar-refractivity contribution in [3.8, 4) is 11.1 Å². The number of nitrogens with zero attached hydrogens (tertiary/aromatic N) is 1. The summed E-state index contributed by atoms with van der Waals surface area (Å²) >= 11 is 0. The average Bonchev–Trinajstić information content (AvgIpc) is 2.87. The maximum absolute atomic E-state index is 14.1. The lowest BCUT2D eigenvalue weighted by Crippen LogP contribution is -2.32. The monoisotopic (exact) mass is 545 g/mol. The van der Waals surface area contributed by atoms with E-state index >= 15 is 0 Å². The van der Waals surface area contributed by atoms with E-state index in [0.29, 0.717) is 12.1 Å². The van der Waals surface area contributed by atoms with Crippen LogP contribution in [0.1, 0.15) is 53.7 Å². The molecule has 1 aromatic heterocycles. The number of carboxylic acid groups (broad SMARTS) is 1. The van der Waals surface area contributed by atoms with Gasteiger partial charge in [-0.2, -0.15) is 0 Å². The van der Waals surface area contributed by atoms with Gasteiger partial charge in [-0.15, -0.1) is 0 Å². The molecule has 0 aliphatic heterocycles. The molecular weight excluding hydrogens is 515 g/mol. The maximum atomic E-state index is 14.1. The molecule has 1 atom stereocenters. The largest absolute Gasteiger partial charge is 0.481 e. The topological polar surface area (TPSA) is 118 Å². The minimum Gasteiger partial charge on any atom is -0.481 e. The Balaban J connectivity index is 0.000000306. The molecule has 0 saturated carbocycles. The molecule has 2 amide bonds. The molecule has 3 rings (SSSR count). The third-order valence-corrected chi connectivity index (χ3v) is 5.77. The van der Waals surface area contributed by atoms with Crippen LogP contribution < -0.4 is 16.2 Å². The maximum Gasteiger partial charge on any atom is 0.305 e. The van der Waals surface area contributed by atoms with Crippen molar-refractivity contribution in [1.29, 1.82) is 0 Å². The molecule has 39 heavy (non-hydrogen) atoms. The number of hydrogen-bond donors (Lipinski definition) is 3. The highest BCUT2D eigenvalue weighted by Crippen LogP contribution is 2.32. The first kappa shape index (κ1) is 30.8. The van der Waals surface area contributed by atoms with Gasteiger partial charge in [-0.1, -0.05) is 25.5 Å². The summed E-state index contributed by atoms with van der Waals surface area (Å²) in [5.74, 6) is -4.75. The Hall–Kier alpha value is -4.41. The molecule has 11 heteroatoms. The van der Waals surface area contributed by atoms with Gasteiger partial charge >= 0.3 is 5.97 Å². The van der Waals surface area contributed by atoms with E-state index in [1.165, 1.54) is 16.7 Å². The number of hydrogen-bond acceptors (Lipinski definition) is 4. The number of pyridine rings is 1. The van der Waals surface area contributed by atoms with Gasteiger partial charge in [0.1, 0.15) is 11.4 Å². The smallest absolute Gasteiger partial charge is 0.305 e. The Morgan fingerprint density at radius 2 is 1.82 bits per heavy atom.